The lowest BCUT2D eigenvalue weighted by molar-refractivity contribution is 0.305. The molecule has 0 aromatic heterocycles. The van der Waals surface area contributed by atoms with Gasteiger partial charge in [0, 0.05) is 11.6 Å². The number of nitrogens with one attached hydrogen (secondary N) is 1. The van der Waals surface area contributed by atoms with Gasteiger partial charge in [0.25, 0.3) is 0 Å². The average Bonchev–Trinajstić information content (AvgIpc) is 2.44. The Balaban J connectivity index is 1.71. The Kier molecular flexibility index (Phi) is 3.90. The molecule has 0 atom stereocenters. The Bertz CT molecular complexity index is 610. The zero-order valence-electron chi connectivity index (χ0n) is 11.0. The smallest absolute Gasteiger partial charge is 0.125 e. The van der Waals surface area contributed by atoms with Crippen LogP contribution in [0.2, 0.25) is 5.02 Å². The van der Waals surface area contributed by atoms with E-state index < -0.39 is 0 Å². The highest BCUT2D eigenvalue weighted by molar-refractivity contribution is 6.30. The summed E-state index contributed by atoms with van der Waals surface area (Å²) in [6.07, 6.45) is 1.05. The Hall–Kier alpha value is -1.58. The van der Waals surface area contributed by atoms with Gasteiger partial charge in [-0.25, -0.2) is 4.39 Å². The predicted molar refractivity (Wildman–Crippen MR) is 77.6 cm³/mol. The minimum absolute atomic E-state index is 0.309. The van der Waals surface area contributed by atoms with Crippen molar-refractivity contribution < 1.29 is 9.13 Å². The summed E-state index contributed by atoms with van der Waals surface area (Å²) in [5, 5.41) is 3.72. The lowest BCUT2D eigenvalue weighted by atomic mass is 10.0. The first-order valence-electron chi connectivity index (χ1n) is 6.61. The fourth-order valence-corrected chi connectivity index (χ4v) is 2.65. The normalized spacial score (nSPS) is 13.9. The molecule has 0 amide bonds. The molecular formula is C16H15ClFNO. The van der Waals surface area contributed by atoms with Crippen molar-refractivity contribution in [1.29, 1.82) is 0 Å². The third kappa shape index (κ3) is 3.11. The third-order valence-electron chi connectivity index (χ3n) is 3.39. The van der Waals surface area contributed by atoms with Crippen LogP contribution in [0.3, 0.4) is 0 Å². The van der Waals surface area contributed by atoms with E-state index in [4.69, 9.17) is 16.3 Å². The van der Waals surface area contributed by atoms with Crippen LogP contribution < -0.4 is 10.1 Å². The summed E-state index contributed by atoms with van der Waals surface area (Å²) in [6, 6.07) is 10.5. The molecule has 1 heterocycles. The molecule has 2 nitrogen and oxygen atoms in total. The van der Waals surface area contributed by atoms with Crippen molar-refractivity contribution >= 4 is 11.6 Å². The van der Waals surface area contributed by atoms with Gasteiger partial charge >= 0.3 is 0 Å². The van der Waals surface area contributed by atoms with Crippen molar-refractivity contribution in [2.75, 3.05) is 6.54 Å². The highest BCUT2D eigenvalue weighted by Crippen LogP contribution is 2.22. The number of rotatable bonds is 3. The van der Waals surface area contributed by atoms with E-state index in [2.05, 4.69) is 11.4 Å². The van der Waals surface area contributed by atoms with Gasteiger partial charge in [-0.3, -0.25) is 0 Å². The minimum atomic E-state index is -0.342. The van der Waals surface area contributed by atoms with Crippen LogP contribution >= 0.6 is 11.6 Å². The summed E-state index contributed by atoms with van der Waals surface area (Å²) in [6.45, 7) is 2.21. The molecule has 2 aromatic carbocycles. The van der Waals surface area contributed by atoms with E-state index >= 15 is 0 Å². The van der Waals surface area contributed by atoms with Gasteiger partial charge in [-0.2, -0.15) is 0 Å². The molecule has 0 radical (unpaired) electrons. The maximum atomic E-state index is 13.2. The van der Waals surface area contributed by atoms with Gasteiger partial charge in [0.2, 0.25) is 0 Å². The Morgan fingerprint density at radius 1 is 1.15 bits per heavy atom. The van der Waals surface area contributed by atoms with Gasteiger partial charge in [-0.1, -0.05) is 17.7 Å². The summed E-state index contributed by atoms with van der Waals surface area (Å²) >= 11 is 5.82. The van der Waals surface area contributed by atoms with E-state index in [-0.39, 0.29) is 5.82 Å². The Morgan fingerprint density at radius 2 is 2.05 bits per heavy atom. The average molecular weight is 292 g/mol. The number of fused-ring (bicyclic) bond motifs is 1. The molecule has 0 saturated heterocycles. The topological polar surface area (TPSA) is 21.3 Å². The maximum Gasteiger partial charge on any atom is 0.125 e. The van der Waals surface area contributed by atoms with E-state index in [9.17, 15) is 4.39 Å². The van der Waals surface area contributed by atoms with Crippen molar-refractivity contribution in [3.05, 3.63) is 63.9 Å². The second-order valence-electron chi connectivity index (χ2n) is 4.92. The van der Waals surface area contributed by atoms with Crippen molar-refractivity contribution in [3.8, 4) is 5.75 Å². The molecule has 0 saturated carbocycles. The van der Waals surface area contributed by atoms with Crippen LogP contribution in [0.1, 0.15) is 16.7 Å². The van der Waals surface area contributed by atoms with Gasteiger partial charge in [-0.15, -0.1) is 0 Å². The molecular weight excluding hydrogens is 277 g/mol. The molecule has 1 N–H and O–H groups in total. The molecule has 0 aliphatic carbocycles. The second kappa shape index (κ2) is 5.81. The van der Waals surface area contributed by atoms with Crippen LogP contribution in [0.4, 0.5) is 4.39 Å². The third-order valence-corrected chi connectivity index (χ3v) is 3.61. The first kappa shape index (κ1) is 13.4. The summed E-state index contributed by atoms with van der Waals surface area (Å²) in [5.74, 6) is 0.457. The number of halogens is 2. The van der Waals surface area contributed by atoms with Crippen molar-refractivity contribution in [2.24, 2.45) is 0 Å². The SMILES string of the molecule is Fc1cc(Cl)cc(COc2ccc3c(c2)CNCC3)c1. The lowest BCUT2D eigenvalue weighted by Crippen LogP contribution is -2.23. The molecule has 20 heavy (non-hydrogen) atoms. The van der Waals surface area contributed by atoms with Gasteiger partial charge in [0.15, 0.2) is 0 Å². The number of benzene rings is 2. The molecule has 4 heteroatoms. The lowest BCUT2D eigenvalue weighted by Gasteiger charge is -2.18. The van der Waals surface area contributed by atoms with Crippen LogP contribution in [0.5, 0.6) is 5.75 Å². The van der Waals surface area contributed by atoms with Crippen LogP contribution in [-0.2, 0) is 19.6 Å². The van der Waals surface area contributed by atoms with Crippen LogP contribution in [-0.4, -0.2) is 6.54 Å². The highest BCUT2D eigenvalue weighted by Gasteiger charge is 2.09. The summed E-state index contributed by atoms with van der Waals surface area (Å²) in [7, 11) is 0. The standard InChI is InChI=1S/C16H15ClFNO/c17-14-5-11(6-15(18)8-14)10-20-16-2-1-12-3-4-19-9-13(12)7-16/h1-2,5-8,19H,3-4,9-10H2. The molecule has 3 rings (SSSR count). The number of ether oxygens (including phenoxy) is 1. The molecule has 104 valence electrons. The highest BCUT2D eigenvalue weighted by atomic mass is 35.5. The van der Waals surface area contributed by atoms with Gasteiger partial charge < -0.3 is 10.1 Å². The van der Waals surface area contributed by atoms with E-state index in [1.807, 2.05) is 12.1 Å². The first-order valence-corrected chi connectivity index (χ1v) is 6.99. The zero-order chi connectivity index (χ0) is 13.9. The summed E-state index contributed by atoms with van der Waals surface area (Å²) in [4.78, 5) is 0. The Labute approximate surface area is 122 Å². The summed E-state index contributed by atoms with van der Waals surface area (Å²) < 4.78 is 18.9. The first-order chi connectivity index (χ1) is 9.70. The van der Waals surface area contributed by atoms with Gasteiger partial charge in [0.05, 0.1) is 0 Å². The van der Waals surface area contributed by atoms with E-state index in [1.54, 1.807) is 6.07 Å². The van der Waals surface area contributed by atoms with E-state index in [0.29, 0.717) is 11.6 Å². The van der Waals surface area contributed by atoms with E-state index in [1.165, 1.54) is 23.3 Å². The quantitative estimate of drug-likeness (QED) is 0.931. The largest absolute Gasteiger partial charge is 0.489 e. The molecule has 0 unspecified atom stereocenters. The van der Waals surface area contributed by atoms with Crippen LogP contribution in [0.15, 0.2) is 36.4 Å². The van der Waals surface area contributed by atoms with E-state index in [0.717, 1.165) is 30.8 Å². The fourth-order valence-electron chi connectivity index (χ4n) is 2.41. The molecule has 1 aliphatic rings. The molecule has 0 spiro atoms. The Morgan fingerprint density at radius 3 is 2.90 bits per heavy atom. The fraction of sp³-hybridized carbons (Fsp3) is 0.250. The van der Waals surface area contributed by atoms with Gasteiger partial charge in [-0.05, 0) is 60.0 Å². The van der Waals surface area contributed by atoms with Crippen LogP contribution in [0, 0.1) is 5.82 Å². The number of hydrogen-bond acceptors (Lipinski definition) is 2. The second-order valence-corrected chi connectivity index (χ2v) is 5.36. The van der Waals surface area contributed by atoms with Crippen molar-refractivity contribution in [2.45, 2.75) is 19.6 Å². The predicted octanol–water partition coefficient (Wildman–Crippen LogP) is 3.70. The van der Waals surface area contributed by atoms with Gasteiger partial charge in [0.1, 0.15) is 18.2 Å². The van der Waals surface area contributed by atoms with Crippen molar-refractivity contribution in [1.82, 2.24) is 5.32 Å². The van der Waals surface area contributed by atoms with Crippen LogP contribution in [0.25, 0.3) is 0 Å². The summed E-state index contributed by atoms with van der Waals surface area (Å²) in [5.41, 5.74) is 3.36. The molecule has 0 bridgehead atoms. The minimum Gasteiger partial charge on any atom is -0.489 e. The molecule has 1 aliphatic heterocycles. The van der Waals surface area contributed by atoms with Crippen molar-refractivity contribution in [3.63, 3.8) is 0 Å². The maximum absolute atomic E-state index is 13.2. The molecule has 0 fully saturated rings. The number of hydrogen-bond donors (Lipinski definition) is 1. The zero-order valence-corrected chi connectivity index (χ0v) is 11.7. The monoisotopic (exact) mass is 291 g/mol. The molecule has 2 aromatic rings.